The molecule has 12 heteroatoms. The second-order valence-electron chi connectivity index (χ2n) is 6.67. The van der Waals surface area contributed by atoms with Gasteiger partial charge in [-0.15, -0.1) is 11.3 Å². The number of amides is 1. The van der Waals surface area contributed by atoms with Gasteiger partial charge in [0.1, 0.15) is 5.02 Å². The maximum atomic E-state index is 13.7. The van der Waals surface area contributed by atoms with Crippen molar-refractivity contribution in [3.8, 4) is 10.6 Å². The number of nitrogens with one attached hydrogen (secondary N) is 1. The molecule has 0 aliphatic carbocycles. The standard InChI is InChI=1S/C19H16ClF3N6OS/c1-3-28-12(6-7-24-28)10(2)25-18(30)16-15(20)17-26-11(13-5-4-8-31-13)9-14(19(21,22)23)29(17)27-16/h4-10H,3H2,1-2H3,(H,25,30)/t10-/m0/s1. The van der Waals surface area contributed by atoms with E-state index in [1.54, 1.807) is 41.4 Å². The second kappa shape index (κ2) is 7.97. The highest BCUT2D eigenvalue weighted by molar-refractivity contribution is 7.13. The molecule has 4 heterocycles. The Balaban J connectivity index is 1.77. The van der Waals surface area contributed by atoms with Gasteiger partial charge in [-0.05, 0) is 37.4 Å². The number of halogens is 4. The van der Waals surface area contributed by atoms with E-state index < -0.39 is 23.8 Å². The first-order valence-electron chi connectivity index (χ1n) is 9.23. The number of carbonyl (C=O) groups excluding carboxylic acids is 1. The van der Waals surface area contributed by atoms with Gasteiger partial charge in [-0.1, -0.05) is 17.7 Å². The number of aromatic nitrogens is 5. The molecule has 7 nitrogen and oxygen atoms in total. The summed E-state index contributed by atoms with van der Waals surface area (Å²) in [5.74, 6) is -0.711. The molecule has 0 fully saturated rings. The van der Waals surface area contributed by atoms with E-state index in [2.05, 4.69) is 20.5 Å². The summed E-state index contributed by atoms with van der Waals surface area (Å²) >= 11 is 7.53. The van der Waals surface area contributed by atoms with Gasteiger partial charge in [-0.2, -0.15) is 23.4 Å². The summed E-state index contributed by atoms with van der Waals surface area (Å²) in [5, 5.41) is 12.2. The van der Waals surface area contributed by atoms with Crippen LogP contribution < -0.4 is 5.32 Å². The Labute approximate surface area is 183 Å². The van der Waals surface area contributed by atoms with Gasteiger partial charge in [0.05, 0.1) is 22.3 Å². The maximum absolute atomic E-state index is 13.7. The molecule has 1 atom stereocenters. The van der Waals surface area contributed by atoms with Crippen LogP contribution in [0.4, 0.5) is 13.2 Å². The van der Waals surface area contributed by atoms with Crippen molar-refractivity contribution in [3.63, 3.8) is 0 Å². The lowest BCUT2D eigenvalue weighted by molar-refractivity contribution is -0.142. The fraction of sp³-hybridized carbons (Fsp3) is 0.263. The van der Waals surface area contributed by atoms with Gasteiger partial charge in [0.15, 0.2) is 17.0 Å². The van der Waals surface area contributed by atoms with E-state index in [9.17, 15) is 18.0 Å². The highest BCUT2D eigenvalue weighted by Gasteiger charge is 2.37. The zero-order chi connectivity index (χ0) is 22.3. The van der Waals surface area contributed by atoms with E-state index in [1.165, 1.54) is 11.3 Å². The monoisotopic (exact) mass is 468 g/mol. The van der Waals surface area contributed by atoms with Crippen LogP contribution in [0.3, 0.4) is 0 Å². The van der Waals surface area contributed by atoms with Gasteiger partial charge in [0.2, 0.25) is 0 Å². The Morgan fingerprint density at radius 3 is 2.77 bits per heavy atom. The molecule has 0 bridgehead atoms. The van der Waals surface area contributed by atoms with E-state index in [1.807, 2.05) is 6.92 Å². The number of carbonyl (C=O) groups is 1. The molecule has 0 unspecified atom stereocenters. The van der Waals surface area contributed by atoms with Gasteiger partial charge >= 0.3 is 6.18 Å². The highest BCUT2D eigenvalue weighted by Crippen LogP contribution is 2.35. The topological polar surface area (TPSA) is 77.1 Å². The van der Waals surface area contributed by atoms with Crippen molar-refractivity contribution in [2.45, 2.75) is 32.6 Å². The molecule has 0 saturated carbocycles. The number of nitrogens with zero attached hydrogens (tertiary/aromatic N) is 5. The lowest BCUT2D eigenvalue weighted by atomic mass is 10.2. The zero-order valence-electron chi connectivity index (χ0n) is 16.3. The number of fused-ring (bicyclic) bond motifs is 1. The van der Waals surface area contributed by atoms with Crippen LogP contribution in [0, 0.1) is 0 Å². The van der Waals surface area contributed by atoms with Crippen LogP contribution in [-0.2, 0) is 12.7 Å². The Kier molecular flexibility index (Phi) is 5.48. The van der Waals surface area contributed by atoms with Crippen LogP contribution in [0.5, 0.6) is 0 Å². The van der Waals surface area contributed by atoms with Crippen molar-refractivity contribution < 1.29 is 18.0 Å². The molecule has 1 N–H and O–H groups in total. The predicted octanol–water partition coefficient (Wildman–Crippen LogP) is 4.84. The molecule has 0 saturated heterocycles. The summed E-state index contributed by atoms with van der Waals surface area (Å²) < 4.78 is 43.4. The van der Waals surface area contributed by atoms with Crippen molar-refractivity contribution in [2.75, 3.05) is 0 Å². The minimum absolute atomic E-state index is 0.101. The third kappa shape index (κ3) is 3.90. The van der Waals surface area contributed by atoms with Crippen LogP contribution in [0.2, 0.25) is 5.02 Å². The van der Waals surface area contributed by atoms with Crippen molar-refractivity contribution in [1.82, 2.24) is 29.7 Å². The Bertz CT molecular complexity index is 1250. The van der Waals surface area contributed by atoms with Gasteiger partial charge in [-0.3, -0.25) is 9.48 Å². The first kappa shape index (κ1) is 21.3. The zero-order valence-corrected chi connectivity index (χ0v) is 17.9. The molecule has 4 aromatic heterocycles. The molecular weight excluding hydrogens is 453 g/mol. The molecular formula is C19H16ClF3N6OS. The summed E-state index contributed by atoms with van der Waals surface area (Å²) in [4.78, 5) is 17.6. The molecule has 162 valence electrons. The smallest absolute Gasteiger partial charge is 0.343 e. The third-order valence-corrected chi connectivity index (χ3v) is 5.89. The van der Waals surface area contributed by atoms with Crippen LogP contribution in [-0.4, -0.2) is 30.3 Å². The van der Waals surface area contributed by atoms with E-state index in [0.29, 0.717) is 15.9 Å². The quantitative estimate of drug-likeness (QED) is 0.455. The molecule has 31 heavy (non-hydrogen) atoms. The molecule has 0 radical (unpaired) electrons. The highest BCUT2D eigenvalue weighted by atomic mass is 35.5. The average Bonchev–Trinajstić information content (AvgIpc) is 3.46. The molecule has 4 aromatic rings. The first-order valence-corrected chi connectivity index (χ1v) is 10.5. The SMILES string of the molecule is CCn1nccc1[C@H](C)NC(=O)c1nn2c(C(F)(F)F)cc(-c3cccs3)nc2c1Cl. The van der Waals surface area contributed by atoms with Crippen molar-refractivity contribution in [2.24, 2.45) is 0 Å². The number of hydrogen-bond donors (Lipinski definition) is 1. The number of hydrogen-bond acceptors (Lipinski definition) is 5. The predicted molar refractivity (Wildman–Crippen MR) is 110 cm³/mol. The number of rotatable bonds is 5. The summed E-state index contributed by atoms with van der Waals surface area (Å²) in [6, 6.07) is 5.54. The van der Waals surface area contributed by atoms with Crippen LogP contribution in [0.1, 0.15) is 41.8 Å². The molecule has 4 rings (SSSR count). The van der Waals surface area contributed by atoms with Crippen molar-refractivity contribution in [3.05, 3.63) is 57.9 Å². The minimum atomic E-state index is -4.72. The number of alkyl halides is 3. The first-order chi connectivity index (χ1) is 14.7. The molecule has 0 aliphatic heterocycles. The number of aryl methyl sites for hydroxylation is 1. The van der Waals surface area contributed by atoms with Gasteiger partial charge in [0, 0.05) is 12.7 Å². The molecule has 0 aliphatic rings. The van der Waals surface area contributed by atoms with E-state index >= 15 is 0 Å². The fourth-order valence-corrected chi connectivity index (χ4v) is 4.14. The minimum Gasteiger partial charge on any atom is -0.343 e. The summed E-state index contributed by atoms with van der Waals surface area (Å²) in [6.07, 6.45) is -3.12. The third-order valence-electron chi connectivity index (χ3n) is 4.65. The van der Waals surface area contributed by atoms with Gasteiger partial charge in [-0.25, -0.2) is 9.50 Å². The second-order valence-corrected chi connectivity index (χ2v) is 7.99. The van der Waals surface area contributed by atoms with Crippen LogP contribution in [0.25, 0.3) is 16.2 Å². The van der Waals surface area contributed by atoms with Crippen molar-refractivity contribution in [1.29, 1.82) is 0 Å². The Hall–Kier alpha value is -2.92. The lowest BCUT2D eigenvalue weighted by Crippen LogP contribution is -2.29. The maximum Gasteiger partial charge on any atom is 0.433 e. The molecule has 1 amide bonds. The van der Waals surface area contributed by atoms with Gasteiger partial charge < -0.3 is 5.32 Å². The van der Waals surface area contributed by atoms with E-state index in [0.717, 1.165) is 11.8 Å². The van der Waals surface area contributed by atoms with Crippen molar-refractivity contribution >= 4 is 34.5 Å². The van der Waals surface area contributed by atoms with E-state index in [4.69, 9.17) is 11.6 Å². The van der Waals surface area contributed by atoms with E-state index in [-0.39, 0.29) is 22.1 Å². The lowest BCUT2D eigenvalue weighted by Gasteiger charge is -2.14. The molecule has 0 spiro atoms. The fourth-order valence-electron chi connectivity index (χ4n) is 3.20. The molecule has 0 aromatic carbocycles. The van der Waals surface area contributed by atoms with Crippen LogP contribution in [0.15, 0.2) is 35.8 Å². The Morgan fingerprint density at radius 1 is 1.35 bits per heavy atom. The Morgan fingerprint density at radius 2 is 2.13 bits per heavy atom. The van der Waals surface area contributed by atoms with Gasteiger partial charge in [0.25, 0.3) is 5.91 Å². The normalized spacial score (nSPS) is 13.0. The summed E-state index contributed by atoms with van der Waals surface area (Å²) in [5.41, 5.74) is -0.804. The number of thiophene rings is 1. The summed E-state index contributed by atoms with van der Waals surface area (Å²) in [7, 11) is 0. The van der Waals surface area contributed by atoms with Crippen LogP contribution >= 0.6 is 22.9 Å². The average molecular weight is 469 g/mol. The largest absolute Gasteiger partial charge is 0.433 e. The summed E-state index contributed by atoms with van der Waals surface area (Å²) in [6.45, 7) is 4.24.